The number of fused-ring (bicyclic) bond motifs is 1. The van der Waals surface area contributed by atoms with Crippen molar-refractivity contribution < 1.29 is 4.79 Å². The van der Waals surface area contributed by atoms with Crippen molar-refractivity contribution >= 4 is 40.4 Å². The fraction of sp³-hybridized carbons (Fsp3) is 0.414. The molecule has 1 fully saturated rings. The second-order valence-electron chi connectivity index (χ2n) is 10.6. The summed E-state index contributed by atoms with van der Waals surface area (Å²) in [4.78, 5) is 44.3. The van der Waals surface area contributed by atoms with Gasteiger partial charge in [0.2, 0.25) is 5.91 Å². The van der Waals surface area contributed by atoms with Crippen molar-refractivity contribution in [1.29, 1.82) is 0 Å². The molecule has 9 heteroatoms. The third kappa shape index (κ3) is 4.97. The fourth-order valence-electron chi connectivity index (χ4n) is 5.05. The molecule has 0 aliphatic carbocycles. The zero-order valence-electron chi connectivity index (χ0n) is 23.1. The number of anilines is 1. The number of nitrogens with zero attached hydrogens (tertiary/aromatic N) is 6. The lowest BCUT2D eigenvalue weighted by atomic mass is 10.0. The first-order chi connectivity index (χ1) is 17.9. The van der Waals surface area contributed by atoms with Gasteiger partial charge in [-0.1, -0.05) is 37.6 Å². The zero-order valence-corrected chi connectivity index (χ0v) is 23.9. The molecule has 1 saturated heterocycles. The standard InChI is InChI=1S/C29H35ClN6O2/c1-9-24(37)34-14-20(8)35(15-19(34)7)27-21-13-22(30)23(12-16(2)3)32-28(21)36(29(38)33-27)26-18(6)10-11-31-25(26)17(4)5/h9-13,17,19-20H,1,14-15H2,2-8H3. The van der Waals surface area contributed by atoms with Crippen LogP contribution in [0.4, 0.5) is 5.82 Å². The van der Waals surface area contributed by atoms with Crippen molar-refractivity contribution in [3.05, 3.63) is 69.0 Å². The Hall–Kier alpha value is -3.52. The number of allylic oxidation sites excluding steroid dienone is 1. The van der Waals surface area contributed by atoms with Gasteiger partial charge in [0, 0.05) is 31.4 Å². The molecule has 4 rings (SSSR count). The Balaban J connectivity index is 2.04. The van der Waals surface area contributed by atoms with Gasteiger partial charge >= 0.3 is 5.69 Å². The lowest BCUT2D eigenvalue weighted by Gasteiger charge is -2.44. The SMILES string of the molecule is C=CC(=O)N1CC(C)N(c2nc(=O)n(-c3c(C)ccnc3C(C)C)c3nc(C=C(C)C)c(Cl)cc23)CC1C. The molecular weight excluding hydrogens is 500 g/mol. The predicted octanol–water partition coefficient (Wildman–Crippen LogP) is 5.30. The number of hydrogen-bond acceptors (Lipinski definition) is 6. The second-order valence-corrected chi connectivity index (χ2v) is 11.0. The number of hydrogen-bond donors (Lipinski definition) is 0. The molecule has 0 radical (unpaired) electrons. The van der Waals surface area contributed by atoms with Crippen LogP contribution in [0.5, 0.6) is 0 Å². The van der Waals surface area contributed by atoms with Crippen LogP contribution in [0.25, 0.3) is 22.8 Å². The summed E-state index contributed by atoms with van der Waals surface area (Å²) in [5.74, 6) is 0.478. The van der Waals surface area contributed by atoms with E-state index >= 15 is 0 Å². The largest absolute Gasteiger partial charge is 0.355 e. The van der Waals surface area contributed by atoms with Gasteiger partial charge in [0.25, 0.3) is 0 Å². The molecule has 2 unspecified atom stereocenters. The number of pyridine rings is 2. The van der Waals surface area contributed by atoms with E-state index in [1.807, 2.05) is 66.7 Å². The van der Waals surface area contributed by atoms with Crippen LogP contribution in [0.15, 0.2) is 41.4 Å². The third-order valence-corrected chi connectivity index (χ3v) is 7.20. The Morgan fingerprint density at radius 3 is 2.53 bits per heavy atom. The highest BCUT2D eigenvalue weighted by atomic mass is 35.5. The maximum absolute atomic E-state index is 13.9. The van der Waals surface area contributed by atoms with Crippen LogP contribution >= 0.6 is 11.6 Å². The predicted molar refractivity (Wildman–Crippen MR) is 154 cm³/mol. The lowest BCUT2D eigenvalue weighted by molar-refractivity contribution is -0.128. The lowest BCUT2D eigenvalue weighted by Crippen LogP contribution is -2.58. The summed E-state index contributed by atoms with van der Waals surface area (Å²) in [5, 5.41) is 1.14. The molecule has 0 aromatic carbocycles. The van der Waals surface area contributed by atoms with E-state index < -0.39 is 5.69 Å². The summed E-state index contributed by atoms with van der Waals surface area (Å²) < 4.78 is 1.57. The van der Waals surface area contributed by atoms with E-state index in [-0.39, 0.29) is 23.9 Å². The Kier molecular flexibility index (Phi) is 7.74. The average molecular weight is 535 g/mol. The summed E-state index contributed by atoms with van der Waals surface area (Å²) in [6.45, 7) is 18.6. The van der Waals surface area contributed by atoms with Crippen molar-refractivity contribution in [2.45, 2.75) is 66.5 Å². The normalized spacial score (nSPS) is 17.7. The number of aryl methyl sites for hydroxylation is 1. The first-order valence-corrected chi connectivity index (χ1v) is 13.3. The Bertz CT molecular complexity index is 1510. The number of piperazine rings is 1. The molecule has 1 amide bonds. The molecule has 0 saturated carbocycles. The summed E-state index contributed by atoms with van der Waals surface area (Å²) in [7, 11) is 0. The van der Waals surface area contributed by atoms with Crippen molar-refractivity contribution in [2.75, 3.05) is 18.0 Å². The number of halogens is 1. The van der Waals surface area contributed by atoms with E-state index in [9.17, 15) is 9.59 Å². The van der Waals surface area contributed by atoms with E-state index in [2.05, 4.69) is 21.4 Å². The van der Waals surface area contributed by atoms with Crippen LogP contribution in [-0.4, -0.2) is 55.5 Å². The van der Waals surface area contributed by atoms with Gasteiger partial charge in [-0.2, -0.15) is 4.98 Å². The molecule has 3 aromatic rings. The Labute approximate surface area is 228 Å². The van der Waals surface area contributed by atoms with E-state index in [4.69, 9.17) is 16.6 Å². The van der Waals surface area contributed by atoms with Crippen molar-refractivity contribution in [3.63, 3.8) is 0 Å². The van der Waals surface area contributed by atoms with Crippen LogP contribution in [0.1, 0.15) is 64.4 Å². The number of amides is 1. The van der Waals surface area contributed by atoms with Gasteiger partial charge in [0.05, 0.1) is 27.5 Å². The monoisotopic (exact) mass is 534 g/mol. The van der Waals surface area contributed by atoms with E-state index in [1.54, 1.807) is 15.7 Å². The molecular formula is C29H35ClN6O2. The summed E-state index contributed by atoms with van der Waals surface area (Å²) in [5.41, 5.74) is 4.04. The quantitative estimate of drug-likeness (QED) is 0.413. The van der Waals surface area contributed by atoms with Crippen LogP contribution < -0.4 is 10.6 Å². The summed E-state index contributed by atoms with van der Waals surface area (Å²) in [6, 6.07) is 3.54. The maximum atomic E-state index is 13.9. The van der Waals surface area contributed by atoms with Gasteiger partial charge in [-0.15, -0.1) is 0 Å². The highest BCUT2D eigenvalue weighted by molar-refractivity contribution is 6.32. The van der Waals surface area contributed by atoms with Crippen molar-refractivity contribution in [1.82, 2.24) is 24.4 Å². The van der Waals surface area contributed by atoms with E-state index in [0.717, 1.165) is 16.8 Å². The van der Waals surface area contributed by atoms with Crippen LogP contribution in [-0.2, 0) is 4.79 Å². The molecule has 0 bridgehead atoms. The van der Waals surface area contributed by atoms with Gasteiger partial charge in [-0.25, -0.2) is 14.3 Å². The van der Waals surface area contributed by atoms with Crippen molar-refractivity contribution in [2.24, 2.45) is 0 Å². The smallest absolute Gasteiger partial charge is 0.349 e. The number of carbonyl (C=O) groups is 1. The molecule has 200 valence electrons. The molecule has 0 N–H and O–H groups in total. The molecule has 4 heterocycles. The molecule has 0 spiro atoms. The molecule has 3 aromatic heterocycles. The average Bonchev–Trinajstić information content (AvgIpc) is 2.85. The first-order valence-electron chi connectivity index (χ1n) is 12.9. The minimum atomic E-state index is -0.437. The van der Waals surface area contributed by atoms with Gasteiger partial charge in [0.1, 0.15) is 5.82 Å². The van der Waals surface area contributed by atoms with Crippen molar-refractivity contribution in [3.8, 4) is 5.69 Å². The number of rotatable bonds is 5. The third-order valence-electron chi connectivity index (χ3n) is 6.89. The van der Waals surface area contributed by atoms with E-state index in [1.165, 1.54) is 6.08 Å². The van der Waals surface area contributed by atoms with Gasteiger partial charge in [-0.05, 0) is 70.4 Å². The second kappa shape index (κ2) is 10.7. The molecule has 2 atom stereocenters. The molecule has 1 aliphatic heterocycles. The fourth-order valence-corrected chi connectivity index (χ4v) is 5.25. The van der Waals surface area contributed by atoms with Crippen LogP contribution in [0.2, 0.25) is 5.02 Å². The van der Waals surface area contributed by atoms with Crippen LogP contribution in [0.3, 0.4) is 0 Å². The first kappa shape index (κ1) is 27.5. The van der Waals surface area contributed by atoms with Gasteiger partial charge in [0.15, 0.2) is 5.65 Å². The highest BCUT2D eigenvalue weighted by Gasteiger charge is 2.34. The van der Waals surface area contributed by atoms with E-state index in [0.29, 0.717) is 46.3 Å². The zero-order chi connectivity index (χ0) is 27.9. The van der Waals surface area contributed by atoms with Gasteiger partial charge < -0.3 is 9.80 Å². The minimum Gasteiger partial charge on any atom is -0.349 e. The summed E-state index contributed by atoms with van der Waals surface area (Å²) >= 11 is 6.74. The minimum absolute atomic E-state index is 0.0763. The topological polar surface area (TPSA) is 84.2 Å². The Morgan fingerprint density at radius 1 is 1.18 bits per heavy atom. The molecule has 38 heavy (non-hydrogen) atoms. The highest BCUT2D eigenvalue weighted by Crippen LogP contribution is 2.33. The Morgan fingerprint density at radius 2 is 1.89 bits per heavy atom. The molecule has 1 aliphatic rings. The van der Waals surface area contributed by atoms with Gasteiger partial charge in [-0.3, -0.25) is 9.78 Å². The maximum Gasteiger partial charge on any atom is 0.355 e. The number of carbonyl (C=O) groups excluding carboxylic acids is 1. The number of aromatic nitrogens is 4. The van der Waals surface area contributed by atoms with Crippen LogP contribution in [0, 0.1) is 6.92 Å². The molecule has 8 nitrogen and oxygen atoms in total. The summed E-state index contributed by atoms with van der Waals surface area (Å²) in [6.07, 6.45) is 5.00.